The molecule has 0 spiro atoms. The lowest BCUT2D eigenvalue weighted by molar-refractivity contribution is 0.0697. The standard InChI is InChI=1S/C19H18N2O3S/c1-11-2-7-14-15(8-11)25-17-16(14)18(22)21(10-20-17)9-12-3-5-13(6-4-12)19(23)24/h3-6,10-11H,2,7-9H2,1H3,(H,23,24)/t11-/m1/s1. The minimum absolute atomic E-state index is 0.000589. The summed E-state index contributed by atoms with van der Waals surface area (Å²) >= 11 is 1.65. The number of aryl methyl sites for hydroxylation is 1. The summed E-state index contributed by atoms with van der Waals surface area (Å²) in [6, 6.07) is 6.60. The molecular formula is C19H18N2O3S. The predicted octanol–water partition coefficient (Wildman–Crippen LogP) is 3.33. The fourth-order valence-electron chi connectivity index (χ4n) is 3.43. The lowest BCUT2D eigenvalue weighted by atomic mass is 9.89. The molecule has 0 saturated carbocycles. The van der Waals surface area contributed by atoms with Gasteiger partial charge in [0.05, 0.1) is 23.8 Å². The maximum atomic E-state index is 13.0. The zero-order valence-corrected chi connectivity index (χ0v) is 14.7. The molecule has 0 saturated heterocycles. The number of aromatic nitrogens is 2. The van der Waals surface area contributed by atoms with Gasteiger partial charge >= 0.3 is 5.97 Å². The number of hydrogen-bond donors (Lipinski definition) is 1. The molecule has 2 heterocycles. The average molecular weight is 354 g/mol. The van der Waals surface area contributed by atoms with Crippen molar-refractivity contribution in [2.75, 3.05) is 0 Å². The molecule has 0 amide bonds. The van der Waals surface area contributed by atoms with Crippen LogP contribution >= 0.6 is 11.3 Å². The van der Waals surface area contributed by atoms with Crippen LogP contribution in [-0.4, -0.2) is 20.6 Å². The van der Waals surface area contributed by atoms with Crippen LogP contribution in [0, 0.1) is 5.92 Å². The van der Waals surface area contributed by atoms with Gasteiger partial charge in [-0.1, -0.05) is 19.1 Å². The van der Waals surface area contributed by atoms with Crippen LogP contribution in [0.4, 0.5) is 0 Å². The Morgan fingerprint density at radius 2 is 2.12 bits per heavy atom. The molecule has 25 heavy (non-hydrogen) atoms. The highest BCUT2D eigenvalue weighted by Gasteiger charge is 2.23. The van der Waals surface area contributed by atoms with E-state index in [9.17, 15) is 9.59 Å². The maximum Gasteiger partial charge on any atom is 0.335 e. The molecule has 5 nitrogen and oxygen atoms in total. The van der Waals surface area contributed by atoms with Crippen molar-refractivity contribution in [3.05, 3.63) is 62.5 Å². The molecule has 1 aliphatic rings. The number of benzene rings is 1. The molecule has 4 rings (SSSR count). The van der Waals surface area contributed by atoms with Crippen LogP contribution in [-0.2, 0) is 19.4 Å². The third kappa shape index (κ3) is 2.87. The monoisotopic (exact) mass is 354 g/mol. The smallest absolute Gasteiger partial charge is 0.335 e. The van der Waals surface area contributed by atoms with Crippen LogP contribution in [0.15, 0.2) is 35.4 Å². The lowest BCUT2D eigenvalue weighted by Crippen LogP contribution is -2.22. The summed E-state index contributed by atoms with van der Waals surface area (Å²) in [5.74, 6) is -0.290. The Morgan fingerprint density at radius 3 is 2.84 bits per heavy atom. The van der Waals surface area contributed by atoms with Crippen molar-refractivity contribution in [1.82, 2.24) is 9.55 Å². The number of carbonyl (C=O) groups is 1. The maximum absolute atomic E-state index is 13.0. The van der Waals surface area contributed by atoms with Gasteiger partial charge in [0.25, 0.3) is 5.56 Å². The zero-order chi connectivity index (χ0) is 17.6. The van der Waals surface area contributed by atoms with Crippen molar-refractivity contribution in [2.24, 2.45) is 5.92 Å². The molecule has 3 aromatic rings. The SMILES string of the molecule is C[C@@H]1CCc2c(sc3ncn(Cc4ccc(C(=O)O)cc4)c(=O)c23)C1. The summed E-state index contributed by atoms with van der Waals surface area (Å²) < 4.78 is 1.61. The molecule has 0 aliphatic heterocycles. The summed E-state index contributed by atoms with van der Waals surface area (Å²) in [5.41, 5.74) is 2.31. The Labute approximate surface area is 148 Å². The molecule has 0 radical (unpaired) electrons. The van der Waals surface area contributed by atoms with Gasteiger partial charge in [-0.25, -0.2) is 9.78 Å². The lowest BCUT2D eigenvalue weighted by Gasteiger charge is -2.17. The van der Waals surface area contributed by atoms with Crippen LogP contribution in [0.5, 0.6) is 0 Å². The van der Waals surface area contributed by atoms with Crippen molar-refractivity contribution >= 4 is 27.5 Å². The molecular weight excluding hydrogens is 336 g/mol. The number of carboxylic acids is 1. The number of nitrogens with zero attached hydrogens (tertiary/aromatic N) is 2. The zero-order valence-electron chi connectivity index (χ0n) is 13.9. The normalized spacial score (nSPS) is 16.8. The van der Waals surface area contributed by atoms with Crippen LogP contribution in [0.2, 0.25) is 0 Å². The molecule has 1 aromatic carbocycles. The van der Waals surface area contributed by atoms with E-state index < -0.39 is 5.97 Å². The van der Waals surface area contributed by atoms with Crippen LogP contribution in [0.25, 0.3) is 10.2 Å². The number of rotatable bonds is 3. The summed E-state index contributed by atoms with van der Waals surface area (Å²) in [7, 11) is 0. The molecule has 128 valence electrons. The van der Waals surface area contributed by atoms with E-state index in [1.165, 1.54) is 10.4 Å². The van der Waals surface area contributed by atoms with Gasteiger partial charge in [0.15, 0.2) is 0 Å². The van der Waals surface area contributed by atoms with Gasteiger partial charge in [0.2, 0.25) is 0 Å². The van der Waals surface area contributed by atoms with E-state index >= 15 is 0 Å². The molecule has 0 bridgehead atoms. The second kappa shape index (κ2) is 6.11. The van der Waals surface area contributed by atoms with Gasteiger partial charge in [0.1, 0.15) is 4.83 Å². The molecule has 2 aromatic heterocycles. The summed E-state index contributed by atoms with van der Waals surface area (Å²) in [6.45, 7) is 2.64. The number of hydrogen-bond acceptors (Lipinski definition) is 4. The highest BCUT2D eigenvalue weighted by Crippen LogP contribution is 2.35. The Balaban J connectivity index is 1.72. The first kappa shape index (κ1) is 16.0. The van der Waals surface area contributed by atoms with E-state index in [4.69, 9.17) is 5.11 Å². The van der Waals surface area contributed by atoms with E-state index in [0.717, 1.165) is 35.0 Å². The predicted molar refractivity (Wildman–Crippen MR) is 97.6 cm³/mol. The third-order valence-corrected chi connectivity index (χ3v) is 6.00. The number of fused-ring (bicyclic) bond motifs is 3. The van der Waals surface area contributed by atoms with Crippen molar-refractivity contribution in [3.63, 3.8) is 0 Å². The second-order valence-electron chi connectivity index (χ2n) is 6.71. The molecule has 1 atom stereocenters. The number of carboxylic acid groups (broad SMARTS) is 1. The average Bonchev–Trinajstić information content (AvgIpc) is 2.96. The van der Waals surface area contributed by atoms with Gasteiger partial charge in [0, 0.05) is 4.88 Å². The topological polar surface area (TPSA) is 72.2 Å². The van der Waals surface area contributed by atoms with Gasteiger partial charge in [-0.05, 0) is 48.4 Å². The van der Waals surface area contributed by atoms with E-state index in [1.54, 1.807) is 46.5 Å². The van der Waals surface area contributed by atoms with Crippen molar-refractivity contribution < 1.29 is 9.90 Å². The summed E-state index contributed by atoms with van der Waals surface area (Å²) in [5, 5.41) is 9.75. The van der Waals surface area contributed by atoms with Gasteiger partial charge in [-0.2, -0.15) is 0 Å². The van der Waals surface area contributed by atoms with Crippen LogP contribution < -0.4 is 5.56 Å². The van der Waals surface area contributed by atoms with Gasteiger partial charge < -0.3 is 5.11 Å². The summed E-state index contributed by atoms with van der Waals surface area (Å²) in [4.78, 5) is 30.5. The van der Waals surface area contributed by atoms with Gasteiger partial charge in [-0.15, -0.1) is 11.3 Å². The van der Waals surface area contributed by atoms with E-state index in [1.807, 2.05) is 0 Å². The van der Waals surface area contributed by atoms with Crippen LogP contribution in [0.1, 0.15) is 39.7 Å². The minimum atomic E-state index is -0.953. The Morgan fingerprint density at radius 1 is 1.36 bits per heavy atom. The fraction of sp³-hybridized carbons (Fsp3) is 0.316. The number of aromatic carboxylic acids is 1. The van der Waals surface area contributed by atoms with E-state index in [-0.39, 0.29) is 11.1 Å². The molecule has 0 unspecified atom stereocenters. The van der Waals surface area contributed by atoms with Crippen LogP contribution in [0.3, 0.4) is 0 Å². The largest absolute Gasteiger partial charge is 0.478 e. The minimum Gasteiger partial charge on any atom is -0.478 e. The Kier molecular flexibility index (Phi) is 3.92. The van der Waals surface area contributed by atoms with E-state index in [2.05, 4.69) is 11.9 Å². The van der Waals surface area contributed by atoms with E-state index in [0.29, 0.717) is 12.5 Å². The highest BCUT2D eigenvalue weighted by atomic mass is 32.1. The molecule has 1 N–H and O–H groups in total. The Hall–Kier alpha value is -2.47. The quantitative estimate of drug-likeness (QED) is 0.783. The first-order chi connectivity index (χ1) is 12.0. The Bertz CT molecular complexity index is 1020. The number of thiophene rings is 1. The molecule has 1 aliphatic carbocycles. The summed E-state index contributed by atoms with van der Waals surface area (Å²) in [6.07, 6.45) is 4.70. The fourth-order valence-corrected chi connectivity index (χ4v) is 4.77. The van der Waals surface area contributed by atoms with Gasteiger partial charge in [-0.3, -0.25) is 9.36 Å². The molecule has 0 fully saturated rings. The third-order valence-electron chi connectivity index (χ3n) is 4.84. The van der Waals surface area contributed by atoms with Crippen molar-refractivity contribution in [2.45, 2.75) is 32.7 Å². The van der Waals surface area contributed by atoms with Crippen molar-refractivity contribution in [3.8, 4) is 0 Å². The van der Waals surface area contributed by atoms with Crippen molar-refractivity contribution in [1.29, 1.82) is 0 Å². The molecule has 6 heteroatoms. The highest BCUT2D eigenvalue weighted by molar-refractivity contribution is 7.18. The second-order valence-corrected chi connectivity index (χ2v) is 7.80. The first-order valence-electron chi connectivity index (χ1n) is 8.35. The first-order valence-corrected chi connectivity index (χ1v) is 9.16.